The lowest BCUT2D eigenvalue weighted by atomic mass is 9.70. The number of likely N-dealkylation sites (tertiary alicyclic amines) is 1. The molecule has 3 aliphatic rings. The molecule has 0 radical (unpaired) electrons. The fourth-order valence-electron chi connectivity index (χ4n) is 6.21. The Kier molecular flexibility index (Phi) is 8.50. The van der Waals surface area contributed by atoms with E-state index in [0.717, 1.165) is 37.9 Å². The summed E-state index contributed by atoms with van der Waals surface area (Å²) in [5.74, 6) is -0.873. The van der Waals surface area contributed by atoms with Crippen LogP contribution in [0.4, 0.5) is 5.69 Å². The van der Waals surface area contributed by atoms with Crippen molar-refractivity contribution in [2.24, 2.45) is 11.8 Å². The van der Waals surface area contributed by atoms with Gasteiger partial charge in [-0.3, -0.25) is 14.4 Å². The third-order valence-corrected chi connectivity index (χ3v) is 9.83. The van der Waals surface area contributed by atoms with Crippen molar-refractivity contribution in [3.8, 4) is 5.75 Å². The lowest BCUT2D eigenvalue weighted by Gasteiger charge is -2.36. The van der Waals surface area contributed by atoms with Gasteiger partial charge in [0.1, 0.15) is 11.8 Å². The monoisotopic (exact) mass is 517 g/mol. The molecule has 3 N–H and O–H groups in total. The SMILES string of the molecule is CCCCCNC(=O)C1N([C@@H](CC)CO)C(=O)[C@@H]2[C@H](C(=O)Nc3ccc(OCC)cc3)[C@@H]3CCC12S3. The number of aliphatic hydroxyl groups is 1. The lowest BCUT2D eigenvalue weighted by molar-refractivity contribution is -0.142. The van der Waals surface area contributed by atoms with Crippen LogP contribution in [0.2, 0.25) is 0 Å². The van der Waals surface area contributed by atoms with E-state index in [1.807, 2.05) is 26.0 Å². The van der Waals surface area contributed by atoms with Crippen molar-refractivity contribution >= 4 is 35.2 Å². The maximum atomic E-state index is 13.9. The Morgan fingerprint density at radius 1 is 1.19 bits per heavy atom. The van der Waals surface area contributed by atoms with Gasteiger partial charge in [0.15, 0.2) is 0 Å². The van der Waals surface area contributed by atoms with Crippen LogP contribution >= 0.6 is 11.8 Å². The second-order valence-electron chi connectivity index (χ2n) is 9.99. The van der Waals surface area contributed by atoms with Gasteiger partial charge in [-0.25, -0.2) is 0 Å². The molecule has 3 aliphatic heterocycles. The summed E-state index contributed by atoms with van der Waals surface area (Å²) in [4.78, 5) is 42.7. The molecule has 6 atom stereocenters. The number of ether oxygens (including phenoxy) is 1. The molecular formula is C27H39N3O5S. The van der Waals surface area contributed by atoms with Crippen LogP contribution in [0.1, 0.15) is 59.3 Å². The minimum atomic E-state index is -0.674. The Balaban J connectivity index is 1.59. The summed E-state index contributed by atoms with van der Waals surface area (Å²) in [5.41, 5.74) is 0.652. The maximum Gasteiger partial charge on any atom is 0.244 e. The van der Waals surface area contributed by atoms with Gasteiger partial charge in [-0.05, 0) is 56.9 Å². The predicted molar refractivity (Wildman–Crippen MR) is 141 cm³/mol. The van der Waals surface area contributed by atoms with Crippen molar-refractivity contribution in [2.75, 3.05) is 25.1 Å². The highest BCUT2D eigenvalue weighted by atomic mass is 32.2. The molecule has 198 valence electrons. The van der Waals surface area contributed by atoms with Gasteiger partial charge in [0, 0.05) is 17.5 Å². The van der Waals surface area contributed by atoms with Crippen molar-refractivity contribution < 1.29 is 24.2 Å². The number of aliphatic hydroxyl groups excluding tert-OH is 1. The summed E-state index contributed by atoms with van der Waals surface area (Å²) in [6.45, 7) is 6.87. The molecular weight excluding hydrogens is 478 g/mol. The third kappa shape index (κ3) is 4.72. The number of hydrogen-bond acceptors (Lipinski definition) is 6. The first-order valence-electron chi connectivity index (χ1n) is 13.3. The molecule has 2 bridgehead atoms. The van der Waals surface area contributed by atoms with E-state index in [1.54, 1.807) is 28.8 Å². The summed E-state index contributed by atoms with van der Waals surface area (Å²) >= 11 is 1.65. The largest absolute Gasteiger partial charge is 0.494 e. The van der Waals surface area contributed by atoms with E-state index in [9.17, 15) is 19.5 Å². The molecule has 1 aromatic carbocycles. The van der Waals surface area contributed by atoms with Gasteiger partial charge in [0.2, 0.25) is 17.7 Å². The van der Waals surface area contributed by atoms with E-state index in [-0.39, 0.29) is 29.6 Å². The van der Waals surface area contributed by atoms with Crippen LogP contribution in [-0.4, -0.2) is 69.6 Å². The number of thioether (sulfide) groups is 1. The first kappa shape index (κ1) is 26.8. The summed E-state index contributed by atoms with van der Waals surface area (Å²) in [5, 5.41) is 16.1. The van der Waals surface area contributed by atoms with Crippen molar-refractivity contribution in [3.05, 3.63) is 24.3 Å². The number of nitrogens with one attached hydrogen (secondary N) is 2. The van der Waals surface area contributed by atoms with Crippen LogP contribution in [0.3, 0.4) is 0 Å². The Hall–Kier alpha value is -2.26. The average molecular weight is 518 g/mol. The van der Waals surface area contributed by atoms with Gasteiger partial charge < -0.3 is 25.4 Å². The molecule has 2 unspecified atom stereocenters. The van der Waals surface area contributed by atoms with Crippen molar-refractivity contribution in [1.82, 2.24) is 10.2 Å². The van der Waals surface area contributed by atoms with Gasteiger partial charge in [0.05, 0.1) is 35.8 Å². The first-order valence-corrected chi connectivity index (χ1v) is 14.2. The number of amides is 3. The molecule has 1 spiro atoms. The highest BCUT2D eigenvalue weighted by molar-refractivity contribution is 8.02. The molecule has 0 aliphatic carbocycles. The van der Waals surface area contributed by atoms with Crippen molar-refractivity contribution in [2.45, 2.75) is 81.4 Å². The standard InChI is InChI=1S/C27H39N3O5S/c1-4-7-8-15-28-25(33)23-27-14-13-20(36-27)21(22(27)26(34)30(23)18(5-2)16-31)24(32)29-17-9-11-19(12-10-17)35-6-3/h9-12,18,20-23,31H,4-8,13-16H2,1-3H3,(H,28,33)(H,29,32)/t18-,20-,21+,22-,23?,27?/m0/s1. The van der Waals surface area contributed by atoms with E-state index in [4.69, 9.17) is 4.74 Å². The smallest absolute Gasteiger partial charge is 0.244 e. The fraction of sp³-hybridized carbons (Fsp3) is 0.667. The van der Waals surface area contributed by atoms with E-state index in [0.29, 0.717) is 25.3 Å². The second-order valence-corrected chi connectivity index (χ2v) is 11.6. The Morgan fingerprint density at radius 2 is 1.94 bits per heavy atom. The molecule has 8 nitrogen and oxygen atoms in total. The molecule has 3 heterocycles. The van der Waals surface area contributed by atoms with Crippen LogP contribution in [0.5, 0.6) is 5.75 Å². The molecule has 1 aromatic rings. The highest BCUT2D eigenvalue weighted by Gasteiger charge is 2.74. The molecule has 3 amide bonds. The molecule has 0 aromatic heterocycles. The topological polar surface area (TPSA) is 108 Å². The number of anilines is 1. The minimum absolute atomic E-state index is 0.00612. The number of unbranched alkanes of at least 4 members (excludes halogenated alkanes) is 2. The van der Waals surface area contributed by atoms with E-state index in [1.165, 1.54) is 0 Å². The van der Waals surface area contributed by atoms with E-state index >= 15 is 0 Å². The van der Waals surface area contributed by atoms with Crippen LogP contribution in [0.15, 0.2) is 24.3 Å². The minimum Gasteiger partial charge on any atom is -0.494 e. The van der Waals surface area contributed by atoms with Crippen molar-refractivity contribution in [3.63, 3.8) is 0 Å². The Labute approximate surface area is 217 Å². The van der Waals surface area contributed by atoms with E-state index < -0.39 is 28.7 Å². The predicted octanol–water partition coefficient (Wildman–Crippen LogP) is 3.19. The number of carbonyl (C=O) groups excluding carboxylic acids is 3. The van der Waals surface area contributed by atoms with Gasteiger partial charge in [-0.15, -0.1) is 11.8 Å². The molecule has 4 rings (SSSR count). The number of carbonyl (C=O) groups is 3. The van der Waals surface area contributed by atoms with Crippen molar-refractivity contribution in [1.29, 1.82) is 0 Å². The number of nitrogens with zero attached hydrogens (tertiary/aromatic N) is 1. The average Bonchev–Trinajstić information content (AvgIpc) is 3.52. The maximum absolute atomic E-state index is 13.9. The Morgan fingerprint density at radius 3 is 2.58 bits per heavy atom. The zero-order valence-electron chi connectivity index (χ0n) is 21.5. The molecule has 0 saturated carbocycles. The van der Waals surface area contributed by atoms with Gasteiger partial charge >= 0.3 is 0 Å². The Bertz CT molecular complexity index is 953. The van der Waals surface area contributed by atoms with E-state index in [2.05, 4.69) is 17.6 Å². The lowest BCUT2D eigenvalue weighted by Crippen LogP contribution is -2.56. The zero-order valence-corrected chi connectivity index (χ0v) is 22.3. The van der Waals surface area contributed by atoms with Gasteiger partial charge in [-0.2, -0.15) is 0 Å². The van der Waals surface area contributed by atoms with Gasteiger partial charge in [0.25, 0.3) is 0 Å². The molecule has 36 heavy (non-hydrogen) atoms. The zero-order chi connectivity index (χ0) is 25.9. The fourth-order valence-corrected chi connectivity index (χ4v) is 8.41. The van der Waals surface area contributed by atoms with Crippen LogP contribution in [0, 0.1) is 11.8 Å². The number of hydrogen-bond donors (Lipinski definition) is 3. The highest BCUT2D eigenvalue weighted by Crippen LogP contribution is 2.66. The number of fused-ring (bicyclic) bond motifs is 1. The summed E-state index contributed by atoms with van der Waals surface area (Å²) in [6, 6.07) is 6.10. The van der Waals surface area contributed by atoms with Gasteiger partial charge in [-0.1, -0.05) is 26.7 Å². The molecule has 3 saturated heterocycles. The number of benzene rings is 1. The van der Waals surface area contributed by atoms with Crippen LogP contribution < -0.4 is 15.4 Å². The quantitative estimate of drug-likeness (QED) is 0.368. The molecule has 3 fully saturated rings. The number of rotatable bonds is 12. The third-order valence-electron chi connectivity index (χ3n) is 7.88. The van der Waals surface area contributed by atoms with Crippen LogP contribution in [0.25, 0.3) is 0 Å². The molecule has 9 heteroatoms. The normalized spacial score (nSPS) is 29.2. The first-order chi connectivity index (χ1) is 17.4. The second kappa shape index (κ2) is 11.4. The summed E-state index contributed by atoms with van der Waals surface area (Å²) in [7, 11) is 0. The summed E-state index contributed by atoms with van der Waals surface area (Å²) in [6.07, 6.45) is 5.03. The summed E-state index contributed by atoms with van der Waals surface area (Å²) < 4.78 is 4.84. The van der Waals surface area contributed by atoms with Crippen LogP contribution in [-0.2, 0) is 14.4 Å².